The van der Waals surface area contributed by atoms with Crippen LogP contribution in [0.5, 0.6) is 5.75 Å². The molecule has 1 aliphatic carbocycles. The minimum atomic E-state index is 0.192. The number of fused-ring (bicyclic) bond motifs is 1. The van der Waals surface area contributed by atoms with E-state index in [1.807, 2.05) is 0 Å². The molecule has 2 aromatic rings. The van der Waals surface area contributed by atoms with Crippen molar-refractivity contribution in [2.75, 3.05) is 26.2 Å². The first-order chi connectivity index (χ1) is 16.8. The molecule has 3 aliphatic rings. The van der Waals surface area contributed by atoms with Crippen LogP contribution >= 0.6 is 0 Å². The molecule has 0 saturated carbocycles. The van der Waals surface area contributed by atoms with Crippen molar-refractivity contribution >= 4 is 0 Å². The van der Waals surface area contributed by atoms with E-state index < -0.39 is 0 Å². The van der Waals surface area contributed by atoms with Crippen LogP contribution in [0.2, 0.25) is 0 Å². The fraction of sp³-hybridized carbons (Fsp3) is 0.613. The maximum Gasteiger partial charge on any atom is 0.127 e. The highest BCUT2D eigenvalue weighted by molar-refractivity contribution is 5.37. The molecule has 34 heavy (non-hydrogen) atoms. The highest BCUT2D eigenvalue weighted by Gasteiger charge is 2.34. The number of hydrogen-bond donors (Lipinski definition) is 2. The average Bonchev–Trinajstić information content (AvgIpc) is 3.36. The molecule has 184 valence electrons. The van der Waals surface area contributed by atoms with Crippen molar-refractivity contribution in [3.63, 3.8) is 0 Å². The smallest absolute Gasteiger partial charge is 0.127 e. The molecule has 2 heterocycles. The third-order valence-corrected chi connectivity index (χ3v) is 8.81. The van der Waals surface area contributed by atoms with E-state index in [4.69, 9.17) is 4.74 Å². The quantitative estimate of drug-likeness (QED) is 0.459. The minimum absolute atomic E-state index is 0.192. The van der Waals surface area contributed by atoms with Crippen molar-refractivity contribution in [3.8, 4) is 5.75 Å². The van der Waals surface area contributed by atoms with Gasteiger partial charge in [-0.25, -0.2) is 0 Å². The van der Waals surface area contributed by atoms with Crippen LogP contribution in [0, 0.1) is 23.7 Å². The Morgan fingerprint density at radius 2 is 1.76 bits per heavy atom. The van der Waals surface area contributed by atoms with Crippen LogP contribution in [-0.2, 0) is 12.8 Å². The Kier molecular flexibility index (Phi) is 8.24. The monoisotopic (exact) mass is 460 g/mol. The van der Waals surface area contributed by atoms with Crippen molar-refractivity contribution in [2.24, 2.45) is 23.7 Å². The summed E-state index contributed by atoms with van der Waals surface area (Å²) in [6.45, 7) is 7.13. The van der Waals surface area contributed by atoms with Crippen LogP contribution in [0.4, 0.5) is 0 Å². The van der Waals surface area contributed by atoms with Crippen molar-refractivity contribution in [1.82, 2.24) is 10.6 Å². The van der Waals surface area contributed by atoms with Crippen LogP contribution in [0.25, 0.3) is 0 Å². The van der Waals surface area contributed by atoms with Gasteiger partial charge in [0, 0.05) is 5.92 Å². The summed E-state index contributed by atoms with van der Waals surface area (Å²) in [5.41, 5.74) is 4.35. The van der Waals surface area contributed by atoms with Gasteiger partial charge < -0.3 is 15.4 Å². The summed E-state index contributed by atoms with van der Waals surface area (Å²) in [7, 11) is 0. The van der Waals surface area contributed by atoms with Gasteiger partial charge in [-0.05, 0) is 118 Å². The molecule has 2 saturated heterocycles. The Hall–Kier alpha value is -1.84. The Morgan fingerprint density at radius 3 is 2.71 bits per heavy atom. The van der Waals surface area contributed by atoms with Crippen molar-refractivity contribution in [2.45, 2.75) is 70.8 Å². The fourth-order valence-electron chi connectivity index (χ4n) is 6.82. The number of hydrogen-bond acceptors (Lipinski definition) is 3. The molecule has 3 heteroatoms. The molecular formula is C31H44N2O. The zero-order valence-corrected chi connectivity index (χ0v) is 21.1. The standard InChI is InChI=1S/C31H44N2O/c1-2-25-21-33-22-28(25)12-6-11-27-20-26-10-3-4-14-30(26)31(27)34-29-13-5-8-24(19-29)18-23-9-7-16-32-17-15-23/h3-5,8,10,13-14,19,23,25,27-28,31-33H,2,6-7,9,11-12,15-18,20-22H2,1H3. The van der Waals surface area contributed by atoms with E-state index >= 15 is 0 Å². The van der Waals surface area contributed by atoms with E-state index in [1.165, 1.54) is 87.7 Å². The summed E-state index contributed by atoms with van der Waals surface area (Å²) < 4.78 is 6.81. The molecule has 0 spiro atoms. The van der Waals surface area contributed by atoms with Gasteiger partial charge in [0.25, 0.3) is 0 Å². The van der Waals surface area contributed by atoms with E-state index in [0.29, 0.717) is 5.92 Å². The molecule has 0 bridgehead atoms. The van der Waals surface area contributed by atoms with Crippen molar-refractivity contribution < 1.29 is 4.74 Å². The molecule has 5 unspecified atom stereocenters. The van der Waals surface area contributed by atoms with E-state index in [2.05, 4.69) is 66.1 Å². The van der Waals surface area contributed by atoms with E-state index in [9.17, 15) is 0 Å². The van der Waals surface area contributed by atoms with Gasteiger partial charge in [-0.1, -0.05) is 56.2 Å². The molecule has 2 N–H and O–H groups in total. The second-order valence-electron chi connectivity index (χ2n) is 11.1. The summed E-state index contributed by atoms with van der Waals surface area (Å²) in [5, 5.41) is 7.17. The molecule has 2 fully saturated rings. The van der Waals surface area contributed by atoms with Crippen molar-refractivity contribution in [3.05, 3.63) is 65.2 Å². The average molecular weight is 461 g/mol. The highest BCUT2D eigenvalue weighted by Crippen LogP contribution is 2.42. The summed E-state index contributed by atoms with van der Waals surface area (Å²) in [4.78, 5) is 0. The molecule has 0 radical (unpaired) electrons. The third kappa shape index (κ3) is 5.86. The van der Waals surface area contributed by atoms with Gasteiger partial charge in [-0.3, -0.25) is 0 Å². The second kappa shape index (κ2) is 11.7. The lowest BCUT2D eigenvalue weighted by atomic mass is 9.87. The van der Waals surface area contributed by atoms with Gasteiger partial charge in [0.15, 0.2) is 0 Å². The Bertz CT molecular complexity index is 904. The van der Waals surface area contributed by atoms with Gasteiger partial charge in [-0.2, -0.15) is 0 Å². The fourth-order valence-corrected chi connectivity index (χ4v) is 6.82. The maximum atomic E-state index is 6.81. The Morgan fingerprint density at radius 1 is 0.882 bits per heavy atom. The predicted molar refractivity (Wildman–Crippen MR) is 141 cm³/mol. The van der Waals surface area contributed by atoms with Crippen LogP contribution in [0.15, 0.2) is 48.5 Å². The number of ether oxygens (including phenoxy) is 1. The number of rotatable bonds is 9. The SMILES string of the molecule is CCC1CNCC1CCCC1Cc2ccccc2C1Oc1cccc(CC2CCCNCC2)c1. The third-order valence-electron chi connectivity index (χ3n) is 8.81. The molecule has 3 nitrogen and oxygen atoms in total. The Balaban J connectivity index is 1.23. The highest BCUT2D eigenvalue weighted by atomic mass is 16.5. The first-order valence-corrected chi connectivity index (χ1v) is 14.0. The summed E-state index contributed by atoms with van der Waals surface area (Å²) in [6, 6.07) is 18.0. The van der Waals surface area contributed by atoms with Gasteiger partial charge >= 0.3 is 0 Å². The molecular weight excluding hydrogens is 416 g/mol. The van der Waals surface area contributed by atoms with Crippen LogP contribution in [0.1, 0.15) is 74.7 Å². The lowest BCUT2D eigenvalue weighted by Crippen LogP contribution is -2.16. The van der Waals surface area contributed by atoms with E-state index in [1.54, 1.807) is 0 Å². The lowest BCUT2D eigenvalue weighted by Gasteiger charge is -2.24. The van der Waals surface area contributed by atoms with Gasteiger partial charge in [0.2, 0.25) is 0 Å². The van der Waals surface area contributed by atoms with Gasteiger partial charge in [0.05, 0.1) is 0 Å². The molecule has 2 aliphatic heterocycles. The van der Waals surface area contributed by atoms with Gasteiger partial charge in [0.1, 0.15) is 11.9 Å². The maximum absolute atomic E-state index is 6.81. The topological polar surface area (TPSA) is 33.3 Å². The largest absolute Gasteiger partial charge is 0.485 e. The van der Waals surface area contributed by atoms with E-state index in [0.717, 1.165) is 36.5 Å². The van der Waals surface area contributed by atoms with Crippen molar-refractivity contribution in [1.29, 1.82) is 0 Å². The molecule has 0 aromatic heterocycles. The van der Waals surface area contributed by atoms with Gasteiger partial charge in [-0.15, -0.1) is 0 Å². The summed E-state index contributed by atoms with van der Waals surface area (Å²) in [5.74, 6) is 4.18. The van der Waals surface area contributed by atoms with E-state index in [-0.39, 0.29) is 6.10 Å². The zero-order chi connectivity index (χ0) is 23.2. The number of nitrogens with one attached hydrogen (secondary N) is 2. The van der Waals surface area contributed by atoms with Crippen LogP contribution in [0.3, 0.4) is 0 Å². The summed E-state index contributed by atoms with van der Waals surface area (Å²) in [6.07, 6.45) is 11.7. The molecule has 5 atom stereocenters. The zero-order valence-electron chi connectivity index (χ0n) is 21.1. The lowest BCUT2D eigenvalue weighted by molar-refractivity contribution is 0.140. The first kappa shape index (κ1) is 23.9. The van der Waals surface area contributed by atoms with Crippen LogP contribution < -0.4 is 15.4 Å². The first-order valence-electron chi connectivity index (χ1n) is 14.0. The molecule has 2 aromatic carbocycles. The normalized spacial score (nSPS) is 29.0. The molecule has 5 rings (SSSR count). The molecule has 0 amide bonds. The number of benzene rings is 2. The second-order valence-corrected chi connectivity index (χ2v) is 11.1. The van der Waals surface area contributed by atoms with Crippen LogP contribution in [-0.4, -0.2) is 26.2 Å². The Labute approximate surface area is 207 Å². The predicted octanol–water partition coefficient (Wildman–Crippen LogP) is 6.33. The minimum Gasteiger partial charge on any atom is -0.485 e. The summed E-state index contributed by atoms with van der Waals surface area (Å²) >= 11 is 0.